The summed E-state index contributed by atoms with van der Waals surface area (Å²) in [4.78, 5) is 4.27. The number of pyridine rings is 1. The van der Waals surface area contributed by atoms with Crippen LogP contribution in [0.3, 0.4) is 0 Å². The Morgan fingerprint density at radius 3 is 2.53 bits per heavy atom. The van der Waals surface area contributed by atoms with Crippen LogP contribution in [0.2, 0.25) is 0 Å². The summed E-state index contributed by atoms with van der Waals surface area (Å²) in [5.41, 5.74) is 1.24. The molecule has 0 bridgehead atoms. The van der Waals surface area contributed by atoms with Crippen molar-refractivity contribution in [2.24, 2.45) is 0 Å². The fraction of sp³-hybridized carbons (Fsp3) is 0.308. The van der Waals surface area contributed by atoms with Crippen molar-refractivity contribution in [2.45, 2.75) is 26.2 Å². The van der Waals surface area contributed by atoms with Gasteiger partial charge in [-0.3, -0.25) is 4.98 Å². The van der Waals surface area contributed by atoms with Gasteiger partial charge in [-0.1, -0.05) is 26.8 Å². The van der Waals surface area contributed by atoms with Crippen molar-refractivity contribution in [3.8, 4) is 0 Å². The van der Waals surface area contributed by atoms with Crippen molar-refractivity contribution in [3.05, 3.63) is 41.8 Å². The zero-order valence-corrected chi connectivity index (χ0v) is 9.21. The first-order valence-corrected chi connectivity index (χ1v) is 5.04. The minimum atomic E-state index is -0.224. The van der Waals surface area contributed by atoms with E-state index in [1.165, 1.54) is 6.07 Å². The van der Waals surface area contributed by atoms with Crippen LogP contribution in [0, 0.1) is 5.82 Å². The molecule has 2 aromatic rings. The number of benzene rings is 1. The molecule has 1 aromatic carbocycles. The van der Waals surface area contributed by atoms with Gasteiger partial charge in [0.05, 0.1) is 5.52 Å². The molecule has 0 aliphatic rings. The normalized spacial score (nSPS) is 12.0. The van der Waals surface area contributed by atoms with Crippen molar-refractivity contribution in [3.63, 3.8) is 0 Å². The summed E-state index contributed by atoms with van der Waals surface area (Å²) in [7, 11) is 0. The van der Waals surface area contributed by atoms with Gasteiger partial charge in [0.25, 0.3) is 0 Å². The van der Waals surface area contributed by atoms with Crippen LogP contribution in [-0.4, -0.2) is 4.98 Å². The Hall–Kier alpha value is -1.44. The van der Waals surface area contributed by atoms with Gasteiger partial charge in [-0.15, -0.1) is 0 Å². The number of halogens is 1. The molecule has 2 rings (SSSR count). The van der Waals surface area contributed by atoms with Gasteiger partial charge in [-0.25, -0.2) is 4.39 Å². The van der Waals surface area contributed by atoms with Crippen molar-refractivity contribution < 1.29 is 4.39 Å². The van der Waals surface area contributed by atoms with Crippen LogP contribution in [0.25, 0.3) is 10.9 Å². The van der Waals surface area contributed by atoms with E-state index < -0.39 is 0 Å². The first kappa shape index (κ1) is 10.1. The summed E-state index contributed by atoms with van der Waals surface area (Å²) in [6.07, 6.45) is 1.71. The van der Waals surface area contributed by atoms with Crippen LogP contribution in [0.15, 0.2) is 30.5 Å². The zero-order valence-electron chi connectivity index (χ0n) is 9.21. The summed E-state index contributed by atoms with van der Waals surface area (Å²) in [6.45, 7) is 6.00. The van der Waals surface area contributed by atoms with Crippen molar-refractivity contribution in [1.82, 2.24) is 4.98 Å². The lowest BCUT2D eigenvalue weighted by atomic mass is 9.85. The van der Waals surface area contributed by atoms with E-state index in [0.717, 1.165) is 10.9 Å². The van der Waals surface area contributed by atoms with Crippen LogP contribution in [0.5, 0.6) is 0 Å². The molecule has 0 radical (unpaired) electrons. The second-order valence-electron chi connectivity index (χ2n) is 4.75. The average molecular weight is 203 g/mol. The molecule has 1 aromatic heterocycles. The Morgan fingerprint density at radius 1 is 1.13 bits per heavy atom. The van der Waals surface area contributed by atoms with Gasteiger partial charge < -0.3 is 0 Å². The summed E-state index contributed by atoms with van der Waals surface area (Å²) in [5, 5.41) is 0.990. The number of hydrogen-bond donors (Lipinski definition) is 0. The Morgan fingerprint density at radius 2 is 1.87 bits per heavy atom. The van der Waals surface area contributed by atoms with E-state index >= 15 is 0 Å². The molecular formula is C13H14FN. The van der Waals surface area contributed by atoms with Crippen molar-refractivity contribution in [2.75, 3.05) is 0 Å². The number of hydrogen-bond acceptors (Lipinski definition) is 1. The maximum atomic E-state index is 13.8. The third-order valence-electron chi connectivity index (χ3n) is 2.47. The topological polar surface area (TPSA) is 12.9 Å². The summed E-state index contributed by atoms with van der Waals surface area (Å²) >= 11 is 0. The summed E-state index contributed by atoms with van der Waals surface area (Å²) in [5.74, 6) is -0.172. The van der Waals surface area contributed by atoms with E-state index in [4.69, 9.17) is 0 Å². The van der Waals surface area contributed by atoms with Crippen LogP contribution < -0.4 is 0 Å². The molecule has 0 atom stereocenters. The Labute approximate surface area is 89.0 Å². The molecular weight excluding hydrogens is 189 g/mol. The minimum absolute atomic E-state index is 0.172. The Balaban J connectivity index is 2.86. The van der Waals surface area contributed by atoms with Crippen molar-refractivity contribution >= 4 is 10.9 Å². The highest BCUT2D eigenvalue weighted by atomic mass is 19.1. The van der Waals surface area contributed by atoms with Gasteiger partial charge in [0.15, 0.2) is 0 Å². The lowest BCUT2D eigenvalue weighted by molar-refractivity contribution is 0.527. The van der Waals surface area contributed by atoms with Gasteiger partial charge in [0.1, 0.15) is 5.82 Å². The fourth-order valence-corrected chi connectivity index (χ4v) is 1.83. The second kappa shape index (κ2) is 3.30. The molecule has 0 N–H and O–H groups in total. The smallest absolute Gasteiger partial charge is 0.129 e. The fourth-order valence-electron chi connectivity index (χ4n) is 1.83. The lowest BCUT2D eigenvalue weighted by Crippen LogP contribution is -2.14. The number of fused-ring (bicyclic) bond motifs is 1. The monoisotopic (exact) mass is 203 g/mol. The predicted molar refractivity (Wildman–Crippen MR) is 60.4 cm³/mol. The van der Waals surface area contributed by atoms with Gasteiger partial charge in [-0.2, -0.15) is 0 Å². The summed E-state index contributed by atoms with van der Waals surface area (Å²) in [6, 6.07) is 7.11. The van der Waals surface area contributed by atoms with Crippen molar-refractivity contribution in [1.29, 1.82) is 0 Å². The van der Waals surface area contributed by atoms with E-state index in [-0.39, 0.29) is 11.2 Å². The maximum absolute atomic E-state index is 13.8. The number of nitrogens with zero attached hydrogens (tertiary/aromatic N) is 1. The zero-order chi connectivity index (χ0) is 11.1. The molecule has 0 fully saturated rings. The molecule has 0 saturated carbocycles. The van der Waals surface area contributed by atoms with Gasteiger partial charge in [0.2, 0.25) is 0 Å². The van der Waals surface area contributed by atoms with Crippen LogP contribution in [-0.2, 0) is 5.41 Å². The molecule has 15 heavy (non-hydrogen) atoms. The van der Waals surface area contributed by atoms with Gasteiger partial charge in [-0.05, 0) is 23.6 Å². The molecule has 78 valence electrons. The molecule has 0 amide bonds. The summed E-state index contributed by atoms with van der Waals surface area (Å²) < 4.78 is 13.8. The van der Waals surface area contributed by atoms with Gasteiger partial charge in [0, 0.05) is 17.1 Å². The number of aromatic nitrogens is 1. The quantitative estimate of drug-likeness (QED) is 0.636. The molecule has 0 spiro atoms. The van der Waals surface area contributed by atoms with E-state index in [9.17, 15) is 4.39 Å². The van der Waals surface area contributed by atoms with E-state index in [1.807, 2.05) is 32.9 Å². The first-order chi connectivity index (χ1) is 7.00. The minimum Gasteiger partial charge on any atom is -0.256 e. The third-order valence-corrected chi connectivity index (χ3v) is 2.47. The average Bonchev–Trinajstić information content (AvgIpc) is 2.15. The largest absolute Gasteiger partial charge is 0.256 e. The highest BCUT2D eigenvalue weighted by Crippen LogP contribution is 2.30. The number of rotatable bonds is 0. The maximum Gasteiger partial charge on any atom is 0.129 e. The standard InChI is InChI=1S/C13H14FN/c1-13(2,3)11-10(14)7-6-9-5-4-8-15-12(9)11/h4-8H,1-3H3. The highest BCUT2D eigenvalue weighted by molar-refractivity contribution is 5.82. The second-order valence-corrected chi connectivity index (χ2v) is 4.75. The highest BCUT2D eigenvalue weighted by Gasteiger charge is 2.21. The lowest BCUT2D eigenvalue weighted by Gasteiger charge is -2.21. The van der Waals surface area contributed by atoms with Crippen LogP contribution >= 0.6 is 0 Å². The molecule has 1 nitrogen and oxygen atoms in total. The Kier molecular flexibility index (Phi) is 2.22. The molecule has 0 aliphatic heterocycles. The van der Waals surface area contributed by atoms with E-state index in [2.05, 4.69) is 4.98 Å². The van der Waals surface area contributed by atoms with Crippen LogP contribution in [0.1, 0.15) is 26.3 Å². The molecule has 0 aliphatic carbocycles. The Bertz CT molecular complexity index is 497. The third kappa shape index (κ3) is 1.72. The molecule has 1 heterocycles. The molecule has 2 heteroatoms. The van der Waals surface area contributed by atoms with E-state index in [0.29, 0.717) is 5.56 Å². The first-order valence-electron chi connectivity index (χ1n) is 5.04. The molecule has 0 unspecified atom stereocenters. The molecule has 0 saturated heterocycles. The van der Waals surface area contributed by atoms with E-state index in [1.54, 1.807) is 12.3 Å². The van der Waals surface area contributed by atoms with Crippen LogP contribution in [0.4, 0.5) is 4.39 Å². The SMILES string of the molecule is CC(C)(C)c1c(F)ccc2cccnc12. The predicted octanol–water partition coefficient (Wildman–Crippen LogP) is 3.67. The van der Waals surface area contributed by atoms with Gasteiger partial charge >= 0.3 is 0 Å².